The maximum absolute atomic E-state index is 13.0. The molecule has 9 nitrogen and oxygen atoms in total. The Bertz CT molecular complexity index is 1660. The second-order valence-corrected chi connectivity index (χ2v) is 12.1. The van der Waals surface area contributed by atoms with Crippen LogP contribution in [0, 0.1) is 0 Å². The van der Waals surface area contributed by atoms with Crippen LogP contribution < -0.4 is 4.74 Å². The van der Waals surface area contributed by atoms with Gasteiger partial charge in [-0.15, -0.1) is 4.33 Å². The van der Waals surface area contributed by atoms with Gasteiger partial charge in [0, 0.05) is 15.3 Å². The molecule has 188 valence electrons. The summed E-state index contributed by atoms with van der Waals surface area (Å²) in [6.45, 7) is 0. The number of fused-ring (bicyclic) bond motifs is 1. The van der Waals surface area contributed by atoms with Crippen LogP contribution in [0.5, 0.6) is 11.5 Å². The van der Waals surface area contributed by atoms with Crippen molar-refractivity contribution in [2.24, 2.45) is 0 Å². The zero-order valence-corrected chi connectivity index (χ0v) is 21.6. The van der Waals surface area contributed by atoms with Crippen molar-refractivity contribution in [3.8, 4) is 11.5 Å². The molecule has 0 spiro atoms. The Balaban J connectivity index is 1.65. The summed E-state index contributed by atoms with van der Waals surface area (Å²) >= 11 is 12.5. The van der Waals surface area contributed by atoms with E-state index in [1.807, 2.05) is 0 Å². The van der Waals surface area contributed by atoms with E-state index >= 15 is 0 Å². The molecule has 0 amide bonds. The van der Waals surface area contributed by atoms with Crippen molar-refractivity contribution < 1.29 is 40.8 Å². The third kappa shape index (κ3) is 5.78. The molecule has 0 aliphatic heterocycles. The van der Waals surface area contributed by atoms with E-state index in [4.69, 9.17) is 33.2 Å². The lowest BCUT2D eigenvalue weighted by Gasteiger charge is -2.11. The fourth-order valence-corrected chi connectivity index (χ4v) is 6.42. The van der Waals surface area contributed by atoms with Crippen molar-refractivity contribution in [2.75, 3.05) is 0 Å². The minimum atomic E-state index is -4.51. The van der Waals surface area contributed by atoms with E-state index in [1.54, 1.807) is 18.2 Å². The lowest BCUT2D eigenvalue weighted by atomic mass is 10.1. The molecule has 0 bridgehead atoms. The van der Waals surface area contributed by atoms with Crippen LogP contribution in [0.15, 0.2) is 92.4 Å². The van der Waals surface area contributed by atoms with Gasteiger partial charge in [-0.25, -0.2) is 13.7 Å². The van der Waals surface area contributed by atoms with Crippen molar-refractivity contribution in [3.05, 3.63) is 82.8 Å². The maximum atomic E-state index is 13.0. The SMILES string of the molecule is O=S(=O)(O)c1cc(SOOO)c2cc(Oc3ccc(S(=O)(=O)c4cc(Cl)ccc4Cl)cc3)ccc2c1. The van der Waals surface area contributed by atoms with E-state index in [-0.39, 0.29) is 29.6 Å². The Morgan fingerprint density at radius 1 is 0.778 bits per heavy atom. The molecule has 0 aliphatic rings. The smallest absolute Gasteiger partial charge is 0.294 e. The summed E-state index contributed by atoms with van der Waals surface area (Å²) in [4.78, 5) is -0.331. The molecule has 0 atom stereocenters. The Morgan fingerprint density at radius 2 is 1.47 bits per heavy atom. The molecule has 0 unspecified atom stereocenters. The van der Waals surface area contributed by atoms with Gasteiger partial charge >= 0.3 is 0 Å². The fraction of sp³-hybridized carbons (Fsp3) is 0. The van der Waals surface area contributed by atoms with Gasteiger partial charge in [0.25, 0.3) is 10.1 Å². The predicted octanol–water partition coefficient (Wildman–Crippen LogP) is 6.45. The zero-order chi connectivity index (χ0) is 26.1. The summed E-state index contributed by atoms with van der Waals surface area (Å²) in [5.41, 5.74) is 0. The van der Waals surface area contributed by atoms with Gasteiger partial charge in [0.1, 0.15) is 11.5 Å². The van der Waals surface area contributed by atoms with Crippen molar-refractivity contribution >= 4 is 66.0 Å². The second-order valence-electron chi connectivity index (χ2n) is 7.16. The first-order valence-electron chi connectivity index (χ1n) is 9.67. The molecular formula is C22H14Cl2O9S3. The third-order valence-electron chi connectivity index (χ3n) is 4.87. The minimum Gasteiger partial charge on any atom is -0.457 e. The van der Waals surface area contributed by atoms with Crippen LogP contribution in [0.3, 0.4) is 0 Å². The van der Waals surface area contributed by atoms with Gasteiger partial charge in [-0.05, 0) is 72.1 Å². The van der Waals surface area contributed by atoms with Crippen LogP contribution >= 0.6 is 35.2 Å². The van der Waals surface area contributed by atoms with Crippen LogP contribution in [0.1, 0.15) is 0 Å². The minimum absolute atomic E-state index is 0.0184. The molecule has 4 aromatic rings. The average Bonchev–Trinajstić information content (AvgIpc) is 2.83. The highest BCUT2D eigenvalue weighted by molar-refractivity contribution is 7.94. The van der Waals surface area contributed by atoms with Gasteiger partial charge in [0.05, 0.1) is 31.8 Å². The number of sulfone groups is 1. The number of ether oxygens (including phenoxy) is 1. The molecule has 0 heterocycles. The lowest BCUT2D eigenvalue weighted by molar-refractivity contribution is -0.432. The quantitative estimate of drug-likeness (QED) is 0.102. The van der Waals surface area contributed by atoms with Crippen LogP contribution in [0.25, 0.3) is 10.8 Å². The Labute approximate surface area is 219 Å². The summed E-state index contributed by atoms with van der Waals surface area (Å²) in [5.74, 6) is 0.631. The van der Waals surface area contributed by atoms with Crippen molar-refractivity contribution in [3.63, 3.8) is 0 Å². The second kappa shape index (κ2) is 10.5. The summed E-state index contributed by atoms with van der Waals surface area (Å²) in [7, 11) is -8.44. The Morgan fingerprint density at radius 3 is 2.14 bits per heavy atom. The number of benzene rings is 4. The molecule has 0 saturated carbocycles. The molecule has 0 radical (unpaired) electrons. The first kappa shape index (κ1) is 26.7. The van der Waals surface area contributed by atoms with Gasteiger partial charge < -0.3 is 4.74 Å². The van der Waals surface area contributed by atoms with E-state index in [1.165, 1.54) is 48.5 Å². The van der Waals surface area contributed by atoms with Gasteiger partial charge in [-0.3, -0.25) is 4.55 Å². The van der Waals surface area contributed by atoms with Crippen molar-refractivity contribution in [1.29, 1.82) is 0 Å². The molecule has 4 aromatic carbocycles. The van der Waals surface area contributed by atoms with Crippen LogP contribution in [-0.2, 0) is 29.3 Å². The summed E-state index contributed by atoms with van der Waals surface area (Å²) in [6, 6.07) is 16.8. The molecule has 4 rings (SSSR count). The third-order valence-corrected chi connectivity index (χ3v) is 8.83. The highest BCUT2D eigenvalue weighted by atomic mass is 35.5. The molecule has 0 aliphatic carbocycles. The Kier molecular flexibility index (Phi) is 7.80. The van der Waals surface area contributed by atoms with Gasteiger partial charge in [0.15, 0.2) is 0 Å². The van der Waals surface area contributed by atoms with E-state index in [0.29, 0.717) is 34.3 Å². The van der Waals surface area contributed by atoms with Crippen molar-refractivity contribution in [2.45, 2.75) is 19.6 Å². The number of halogens is 2. The fourth-order valence-electron chi connectivity index (χ4n) is 3.24. The highest BCUT2D eigenvalue weighted by Gasteiger charge is 2.21. The summed E-state index contributed by atoms with van der Waals surface area (Å²) < 4.78 is 68.7. The predicted molar refractivity (Wildman–Crippen MR) is 133 cm³/mol. The molecule has 0 fully saturated rings. The summed E-state index contributed by atoms with van der Waals surface area (Å²) in [6.07, 6.45) is 0. The van der Waals surface area contributed by atoms with E-state index in [9.17, 15) is 21.4 Å². The van der Waals surface area contributed by atoms with Crippen LogP contribution in [-0.4, -0.2) is 26.6 Å². The van der Waals surface area contributed by atoms with Crippen LogP contribution in [0.4, 0.5) is 0 Å². The number of rotatable bonds is 8. The normalized spacial score (nSPS) is 12.1. The van der Waals surface area contributed by atoms with Gasteiger partial charge in [-0.2, -0.15) is 8.42 Å². The molecule has 14 heteroatoms. The Hall–Kier alpha value is -2.39. The van der Waals surface area contributed by atoms with E-state index < -0.39 is 20.0 Å². The van der Waals surface area contributed by atoms with Gasteiger partial charge in [0.2, 0.25) is 9.84 Å². The molecule has 2 N–H and O–H groups in total. The van der Waals surface area contributed by atoms with Crippen LogP contribution in [0.2, 0.25) is 10.0 Å². The number of hydrogen-bond donors (Lipinski definition) is 2. The topological polar surface area (TPSA) is 136 Å². The monoisotopic (exact) mass is 588 g/mol. The van der Waals surface area contributed by atoms with Gasteiger partial charge in [-0.1, -0.05) is 34.3 Å². The summed E-state index contributed by atoms with van der Waals surface area (Å²) in [5, 5.41) is 13.2. The standard InChI is InChI=1S/C22H14Cl2O9S3/c23-14-2-8-20(24)22(10-14)35(26,27)17-6-4-15(5-7-17)31-16-3-1-13-9-18(36(28,29)30)12-21(19(13)11-16)34-33-32-25/h1-12,25H,(H,28,29,30). The first-order chi connectivity index (χ1) is 17.0. The van der Waals surface area contributed by atoms with E-state index in [2.05, 4.69) is 9.37 Å². The average molecular weight is 589 g/mol. The molecule has 0 aromatic heterocycles. The lowest BCUT2D eigenvalue weighted by Crippen LogP contribution is -2.02. The first-order valence-corrected chi connectivity index (χ1v) is 14.1. The largest absolute Gasteiger partial charge is 0.457 e. The maximum Gasteiger partial charge on any atom is 0.294 e. The number of hydrogen-bond acceptors (Lipinski definition) is 9. The molecule has 0 saturated heterocycles. The zero-order valence-electron chi connectivity index (χ0n) is 17.7. The van der Waals surface area contributed by atoms with Crippen molar-refractivity contribution in [1.82, 2.24) is 0 Å². The van der Waals surface area contributed by atoms with E-state index in [0.717, 1.165) is 6.07 Å². The molecular weight excluding hydrogens is 575 g/mol. The highest BCUT2D eigenvalue weighted by Crippen LogP contribution is 2.36. The molecule has 36 heavy (non-hydrogen) atoms.